The van der Waals surface area contributed by atoms with Gasteiger partial charge in [-0.1, -0.05) is 157 Å². The summed E-state index contributed by atoms with van der Waals surface area (Å²) in [7, 11) is -0.536. The average molecular weight is 1020 g/mol. The van der Waals surface area contributed by atoms with E-state index in [-0.39, 0.29) is 36.7 Å². The molecule has 6 aromatic carbocycles. The lowest BCUT2D eigenvalue weighted by atomic mass is 9.77. The van der Waals surface area contributed by atoms with Gasteiger partial charge in [-0.05, 0) is 70.6 Å². The minimum Gasteiger partial charge on any atom is -0.497 e. The van der Waals surface area contributed by atoms with E-state index in [1.807, 2.05) is 97.1 Å². The Morgan fingerprint density at radius 1 is 0.778 bits per heavy atom. The first kappa shape index (κ1) is 49.4. The monoisotopic (exact) mass is 1020 g/mol. The van der Waals surface area contributed by atoms with E-state index < -0.39 is 42.1 Å². The number of allylic oxidation sites excluding steroid dienone is 1. The van der Waals surface area contributed by atoms with Crippen molar-refractivity contribution in [3.8, 4) is 5.75 Å². The lowest BCUT2D eigenvalue weighted by Gasteiger charge is -2.49. The van der Waals surface area contributed by atoms with Crippen molar-refractivity contribution in [2.75, 3.05) is 31.9 Å². The zero-order valence-corrected chi connectivity index (χ0v) is 41.9. The summed E-state index contributed by atoms with van der Waals surface area (Å²) in [6.07, 6.45) is 3.85. The predicted octanol–water partition coefficient (Wildman–Crippen LogP) is 9.20. The number of ether oxygens (including phenoxy) is 2. The topological polar surface area (TPSA) is 158 Å². The van der Waals surface area contributed by atoms with E-state index in [1.165, 1.54) is 35.1 Å². The van der Waals surface area contributed by atoms with E-state index in [0.717, 1.165) is 22.3 Å². The van der Waals surface area contributed by atoms with Gasteiger partial charge >= 0.3 is 5.97 Å². The van der Waals surface area contributed by atoms with Crippen LogP contribution < -0.4 is 26.0 Å². The van der Waals surface area contributed by atoms with Crippen LogP contribution >= 0.6 is 30.5 Å². The van der Waals surface area contributed by atoms with Gasteiger partial charge < -0.3 is 29.5 Å². The molecule has 3 heterocycles. The fraction of sp³-hybridized carbons (Fsp3) is 0.161. The van der Waals surface area contributed by atoms with Gasteiger partial charge in [-0.15, -0.1) is 23.1 Å². The van der Waals surface area contributed by atoms with Crippen molar-refractivity contribution in [1.82, 2.24) is 15.2 Å². The fourth-order valence-corrected chi connectivity index (χ4v) is 12.8. The van der Waals surface area contributed by atoms with Crippen LogP contribution in [-0.2, 0) is 45.2 Å². The molecular formula is C56H50N5O8PS2. The van der Waals surface area contributed by atoms with Crippen LogP contribution in [0.1, 0.15) is 34.4 Å². The Morgan fingerprint density at radius 3 is 1.88 bits per heavy atom. The average Bonchev–Trinajstić information content (AvgIpc) is 3.91. The van der Waals surface area contributed by atoms with Crippen molar-refractivity contribution in [2.24, 2.45) is 5.16 Å². The highest BCUT2D eigenvalue weighted by molar-refractivity contribution is 8.00. The number of hydrogen-bond donors (Lipinski definition) is 2. The molecule has 2 aliphatic heterocycles. The van der Waals surface area contributed by atoms with E-state index in [9.17, 15) is 18.9 Å². The number of benzene rings is 6. The molecule has 1 aromatic heterocycles. The molecule has 2 atom stereocenters. The van der Waals surface area contributed by atoms with Crippen LogP contribution in [0.5, 0.6) is 5.75 Å². The number of β-lactam (4-membered cyclic amide) rings is 1. The van der Waals surface area contributed by atoms with Crippen LogP contribution in [0.3, 0.4) is 0 Å². The van der Waals surface area contributed by atoms with Crippen LogP contribution in [-0.4, -0.2) is 71.4 Å². The van der Waals surface area contributed by atoms with Gasteiger partial charge in [-0.2, -0.15) is 0 Å². The summed E-state index contributed by atoms with van der Waals surface area (Å²) < 4.78 is 31.7. The number of thiazole rings is 1. The molecule has 9 rings (SSSR count). The van der Waals surface area contributed by atoms with E-state index in [2.05, 4.69) is 52.2 Å². The standard InChI is InChI=1S/C56H50N5O8PS2/c1-66-44-33-31-39(32-34-44)36-68-54(64)50-40(20-18-19-35-69-70(65,45-27-14-6-15-28-45)46-29-16-7-17-30-46)37-71-53-49(52(63)61(50)53)58-51(62)48(60-67-2)47-38-72-55(57-47)59-56(41-21-8-3-9-22-41,42-23-10-4-11-24-42)43-25-12-5-13-26-43/h3-19,21-34,38,49,53H,20,35-37H2,1-2H3,(H,57,59)(H,58,62)/b19-18+,60-48-/t49-,53-/m1/s1. The van der Waals surface area contributed by atoms with Crippen molar-refractivity contribution >= 4 is 69.7 Å². The minimum absolute atomic E-state index is 0.0218. The number of anilines is 1. The number of thioether (sulfide) groups is 1. The van der Waals surface area contributed by atoms with Gasteiger partial charge in [0.15, 0.2) is 10.8 Å². The molecule has 0 radical (unpaired) electrons. The first-order valence-corrected chi connectivity index (χ1v) is 26.6. The second-order valence-electron chi connectivity index (χ2n) is 16.6. The number of nitrogens with zero attached hydrogens (tertiary/aromatic N) is 3. The van der Waals surface area contributed by atoms with Crippen LogP contribution in [0.25, 0.3) is 0 Å². The van der Waals surface area contributed by atoms with Gasteiger partial charge in [0, 0.05) is 21.7 Å². The first-order chi connectivity index (χ1) is 35.2. The molecule has 72 heavy (non-hydrogen) atoms. The van der Waals surface area contributed by atoms with Crippen LogP contribution in [0.4, 0.5) is 5.13 Å². The molecule has 0 spiro atoms. The summed E-state index contributed by atoms with van der Waals surface area (Å²) in [5.41, 5.74) is 3.61. The number of fused-ring (bicyclic) bond motifs is 1. The Labute approximate surface area is 426 Å². The Kier molecular flexibility index (Phi) is 15.6. The predicted molar refractivity (Wildman–Crippen MR) is 283 cm³/mol. The van der Waals surface area contributed by atoms with Crippen LogP contribution in [0.2, 0.25) is 0 Å². The largest absolute Gasteiger partial charge is 0.497 e. The summed E-state index contributed by atoms with van der Waals surface area (Å²) in [6, 6.07) is 54.5. The van der Waals surface area contributed by atoms with E-state index in [1.54, 1.807) is 67.1 Å². The molecule has 2 N–H and O–H groups in total. The maximum atomic E-state index is 14.4. The Bertz CT molecular complexity index is 3000. The summed E-state index contributed by atoms with van der Waals surface area (Å²) in [6.45, 7) is -0.0317. The van der Waals surface area contributed by atoms with Crippen LogP contribution in [0.15, 0.2) is 210 Å². The normalized spacial score (nSPS) is 15.9. The summed E-state index contributed by atoms with van der Waals surface area (Å²) in [5, 5.41) is 13.4. The highest BCUT2D eigenvalue weighted by Gasteiger charge is 2.54. The van der Waals surface area contributed by atoms with Crippen molar-refractivity contribution in [3.05, 3.63) is 233 Å². The zero-order chi connectivity index (χ0) is 49.9. The number of carbonyl (C=O) groups excluding carboxylic acids is 3. The lowest BCUT2D eigenvalue weighted by Crippen LogP contribution is -2.71. The quantitative estimate of drug-likeness (QED) is 0.0143. The molecule has 2 amide bonds. The van der Waals surface area contributed by atoms with Crippen molar-refractivity contribution in [2.45, 2.75) is 30.0 Å². The molecule has 13 nitrogen and oxygen atoms in total. The SMILES string of the molecule is CO/N=C(\C(=O)N[C@@H]1C(=O)N2C(C(=O)OCc3ccc(OC)cc3)=C(C/C=C/COP(=O)(c3ccccc3)c3ccccc3)CS[C@H]12)c1csc(NC(c2ccccc2)(c2ccccc2)c2ccccc2)n1. The first-order valence-electron chi connectivity index (χ1n) is 23.0. The van der Waals surface area contributed by atoms with Crippen molar-refractivity contribution < 1.29 is 37.8 Å². The molecule has 2 aliphatic rings. The Balaban J connectivity index is 0.937. The van der Waals surface area contributed by atoms with E-state index in [4.69, 9.17) is 23.8 Å². The molecule has 7 aromatic rings. The van der Waals surface area contributed by atoms with Gasteiger partial charge in [0.25, 0.3) is 19.2 Å². The number of oxime groups is 1. The number of amides is 2. The van der Waals surface area contributed by atoms with Crippen LogP contribution in [0, 0.1) is 0 Å². The number of hydrogen-bond acceptors (Lipinski definition) is 13. The lowest BCUT2D eigenvalue weighted by molar-refractivity contribution is -0.153. The van der Waals surface area contributed by atoms with Gasteiger partial charge in [-0.3, -0.25) is 19.1 Å². The second kappa shape index (κ2) is 22.7. The van der Waals surface area contributed by atoms with E-state index in [0.29, 0.717) is 32.8 Å². The van der Waals surface area contributed by atoms with Gasteiger partial charge in [-0.25, -0.2) is 9.78 Å². The number of esters is 1. The highest BCUT2D eigenvalue weighted by atomic mass is 32.2. The van der Waals surface area contributed by atoms with Gasteiger partial charge in [0.1, 0.15) is 47.8 Å². The number of aromatic nitrogens is 1. The Morgan fingerprint density at radius 2 is 1.33 bits per heavy atom. The molecule has 0 aliphatic carbocycles. The third-order valence-electron chi connectivity index (χ3n) is 12.2. The fourth-order valence-electron chi connectivity index (χ4n) is 8.64. The molecule has 16 heteroatoms. The molecule has 0 bridgehead atoms. The summed E-state index contributed by atoms with van der Waals surface area (Å²) in [4.78, 5) is 54.1. The maximum absolute atomic E-state index is 14.4. The molecule has 364 valence electrons. The minimum atomic E-state index is -3.44. The van der Waals surface area contributed by atoms with Crippen molar-refractivity contribution in [1.29, 1.82) is 0 Å². The smallest absolute Gasteiger partial charge is 0.355 e. The third kappa shape index (κ3) is 10.4. The molecule has 0 unspecified atom stereocenters. The van der Waals surface area contributed by atoms with Crippen molar-refractivity contribution in [3.63, 3.8) is 0 Å². The highest BCUT2D eigenvalue weighted by Crippen LogP contribution is 2.45. The maximum Gasteiger partial charge on any atom is 0.355 e. The number of methoxy groups -OCH3 is 1. The molecule has 1 saturated heterocycles. The number of carbonyl (C=O) groups is 3. The Hall–Kier alpha value is -7.55. The zero-order valence-electron chi connectivity index (χ0n) is 39.3. The van der Waals surface area contributed by atoms with Gasteiger partial charge in [0.2, 0.25) is 0 Å². The van der Waals surface area contributed by atoms with Gasteiger partial charge in [0.05, 0.1) is 13.7 Å². The summed E-state index contributed by atoms with van der Waals surface area (Å²) >= 11 is 2.71. The molecule has 0 saturated carbocycles. The van der Waals surface area contributed by atoms with E-state index >= 15 is 0 Å². The summed E-state index contributed by atoms with van der Waals surface area (Å²) in [5.74, 6) is -0.866. The number of rotatable bonds is 20. The third-order valence-corrected chi connectivity index (χ3v) is 16.8. The number of nitrogens with one attached hydrogen (secondary N) is 2. The second-order valence-corrected chi connectivity index (χ2v) is 20.9. The molecule has 1 fully saturated rings. The molecular weight excluding hydrogens is 966 g/mol.